The number of para-hydroxylation sites is 1. The summed E-state index contributed by atoms with van der Waals surface area (Å²) in [6.07, 6.45) is 0.0493. The fourth-order valence-corrected chi connectivity index (χ4v) is 1.26. The van der Waals surface area contributed by atoms with Crippen molar-refractivity contribution in [1.29, 1.82) is 0 Å². The van der Waals surface area contributed by atoms with E-state index in [1.54, 1.807) is 0 Å². The van der Waals surface area contributed by atoms with E-state index in [0.717, 1.165) is 5.56 Å². The van der Waals surface area contributed by atoms with Crippen LogP contribution in [0.25, 0.3) is 0 Å². The largest absolute Gasteiger partial charge is 0.480 e. The fraction of sp³-hybridized carbons (Fsp3) is 0.364. The van der Waals surface area contributed by atoms with Gasteiger partial charge in [0.15, 0.2) is 6.10 Å². The molecule has 0 fully saturated rings. The molecule has 1 aromatic rings. The number of carbonyl (C=O) groups excluding carboxylic acids is 1. The number of aryl methyl sites for hydroxylation is 1. The van der Waals surface area contributed by atoms with Crippen molar-refractivity contribution in [1.82, 2.24) is 5.43 Å². The Labute approximate surface area is 89.4 Å². The third-order valence-electron chi connectivity index (χ3n) is 2.17. The monoisotopic (exact) mass is 208 g/mol. The molecule has 0 aliphatic carbocycles. The Morgan fingerprint density at radius 1 is 1.53 bits per heavy atom. The zero-order valence-electron chi connectivity index (χ0n) is 8.99. The van der Waals surface area contributed by atoms with Gasteiger partial charge < -0.3 is 4.74 Å². The summed E-state index contributed by atoms with van der Waals surface area (Å²) in [4.78, 5) is 11.3. The van der Waals surface area contributed by atoms with E-state index in [0.29, 0.717) is 12.2 Å². The van der Waals surface area contributed by atoms with Gasteiger partial charge in [-0.15, -0.1) is 0 Å². The van der Waals surface area contributed by atoms with Gasteiger partial charge in [0, 0.05) is 0 Å². The summed E-state index contributed by atoms with van der Waals surface area (Å²) in [5.74, 6) is 5.47. The predicted molar refractivity (Wildman–Crippen MR) is 58.2 cm³/mol. The van der Waals surface area contributed by atoms with Gasteiger partial charge in [0.25, 0.3) is 5.91 Å². The molecule has 15 heavy (non-hydrogen) atoms. The molecule has 1 aromatic carbocycles. The number of amides is 1. The van der Waals surface area contributed by atoms with Crippen LogP contribution in [-0.4, -0.2) is 12.0 Å². The maximum Gasteiger partial charge on any atom is 0.274 e. The molecule has 1 amide bonds. The summed E-state index contributed by atoms with van der Waals surface area (Å²) < 4.78 is 5.56. The molecule has 4 nitrogen and oxygen atoms in total. The van der Waals surface area contributed by atoms with E-state index in [1.165, 1.54) is 0 Å². The van der Waals surface area contributed by atoms with Gasteiger partial charge >= 0.3 is 0 Å². The van der Waals surface area contributed by atoms with E-state index >= 15 is 0 Å². The molecule has 0 saturated heterocycles. The molecule has 4 heteroatoms. The van der Waals surface area contributed by atoms with Crippen LogP contribution in [0.15, 0.2) is 24.3 Å². The second-order valence-corrected chi connectivity index (χ2v) is 3.29. The van der Waals surface area contributed by atoms with Crippen molar-refractivity contribution >= 4 is 5.91 Å². The quantitative estimate of drug-likeness (QED) is 0.443. The van der Waals surface area contributed by atoms with Crippen LogP contribution in [0.2, 0.25) is 0 Å². The highest BCUT2D eigenvalue weighted by Gasteiger charge is 2.17. The van der Waals surface area contributed by atoms with Gasteiger partial charge in [-0.2, -0.15) is 0 Å². The standard InChI is InChI=1S/C11H16N2O2/c1-3-9(11(14)13-12)15-10-7-5-4-6-8(10)2/h4-7,9H,3,12H2,1-2H3,(H,13,14). The molecule has 0 aromatic heterocycles. The highest BCUT2D eigenvalue weighted by atomic mass is 16.5. The topological polar surface area (TPSA) is 64.3 Å². The Morgan fingerprint density at radius 3 is 2.73 bits per heavy atom. The SMILES string of the molecule is CCC(Oc1ccccc1C)C(=O)NN. The Morgan fingerprint density at radius 2 is 2.20 bits per heavy atom. The molecule has 0 bridgehead atoms. The average Bonchev–Trinajstić information content (AvgIpc) is 2.27. The number of hydrogen-bond donors (Lipinski definition) is 2. The molecular weight excluding hydrogens is 192 g/mol. The highest BCUT2D eigenvalue weighted by Crippen LogP contribution is 2.18. The number of nitrogens with one attached hydrogen (secondary N) is 1. The van der Waals surface area contributed by atoms with Crippen molar-refractivity contribution < 1.29 is 9.53 Å². The van der Waals surface area contributed by atoms with E-state index in [1.807, 2.05) is 38.1 Å². The van der Waals surface area contributed by atoms with Crippen LogP contribution in [0.5, 0.6) is 5.75 Å². The fourth-order valence-electron chi connectivity index (χ4n) is 1.26. The number of benzene rings is 1. The van der Waals surface area contributed by atoms with Crippen molar-refractivity contribution in [2.75, 3.05) is 0 Å². The molecule has 0 spiro atoms. The molecule has 82 valence electrons. The lowest BCUT2D eigenvalue weighted by molar-refractivity contribution is -0.128. The minimum Gasteiger partial charge on any atom is -0.480 e. The minimum absolute atomic E-state index is 0.305. The first kappa shape index (κ1) is 11.5. The van der Waals surface area contributed by atoms with Crippen molar-refractivity contribution in [2.45, 2.75) is 26.4 Å². The summed E-state index contributed by atoms with van der Waals surface area (Å²) in [5, 5.41) is 0. The summed E-state index contributed by atoms with van der Waals surface area (Å²) in [5.41, 5.74) is 3.09. The maximum atomic E-state index is 11.3. The molecule has 0 saturated carbocycles. The van der Waals surface area contributed by atoms with Crippen LogP contribution in [0.3, 0.4) is 0 Å². The van der Waals surface area contributed by atoms with E-state index in [4.69, 9.17) is 10.6 Å². The van der Waals surface area contributed by atoms with Crippen molar-refractivity contribution in [3.63, 3.8) is 0 Å². The zero-order valence-corrected chi connectivity index (χ0v) is 8.99. The maximum absolute atomic E-state index is 11.3. The van der Waals surface area contributed by atoms with Crippen molar-refractivity contribution in [3.8, 4) is 5.75 Å². The zero-order chi connectivity index (χ0) is 11.3. The minimum atomic E-state index is -0.531. The molecule has 0 aliphatic heterocycles. The average molecular weight is 208 g/mol. The van der Waals surface area contributed by atoms with Gasteiger partial charge in [-0.25, -0.2) is 5.84 Å². The normalized spacial score (nSPS) is 11.9. The van der Waals surface area contributed by atoms with Crippen LogP contribution >= 0.6 is 0 Å². The van der Waals surface area contributed by atoms with Crippen LogP contribution in [0.1, 0.15) is 18.9 Å². The molecule has 0 heterocycles. The van der Waals surface area contributed by atoms with Gasteiger partial charge in [-0.1, -0.05) is 25.1 Å². The molecular formula is C11H16N2O2. The van der Waals surface area contributed by atoms with Crippen molar-refractivity contribution in [3.05, 3.63) is 29.8 Å². The second kappa shape index (κ2) is 5.36. The number of hydrazine groups is 1. The summed E-state index contributed by atoms with van der Waals surface area (Å²) >= 11 is 0. The number of carbonyl (C=O) groups is 1. The van der Waals surface area contributed by atoms with Crippen molar-refractivity contribution in [2.24, 2.45) is 5.84 Å². The first-order chi connectivity index (χ1) is 7.19. The highest BCUT2D eigenvalue weighted by molar-refractivity contribution is 5.80. The van der Waals surface area contributed by atoms with Gasteiger partial charge in [-0.05, 0) is 25.0 Å². The van der Waals surface area contributed by atoms with Crippen LogP contribution < -0.4 is 16.0 Å². The smallest absolute Gasteiger partial charge is 0.274 e. The van der Waals surface area contributed by atoms with E-state index in [2.05, 4.69) is 5.43 Å². The second-order valence-electron chi connectivity index (χ2n) is 3.29. The predicted octanol–water partition coefficient (Wildman–Crippen LogP) is 1.14. The van der Waals surface area contributed by atoms with Gasteiger partial charge in [-0.3, -0.25) is 10.2 Å². The first-order valence-corrected chi connectivity index (χ1v) is 4.91. The molecule has 1 unspecified atom stereocenters. The Hall–Kier alpha value is -1.55. The number of rotatable bonds is 4. The van der Waals surface area contributed by atoms with Crippen LogP contribution in [0, 0.1) is 6.92 Å². The van der Waals surface area contributed by atoms with Crippen LogP contribution in [0.4, 0.5) is 0 Å². The lowest BCUT2D eigenvalue weighted by Crippen LogP contribution is -2.41. The lowest BCUT2D eigenvalue weighted by atomic mass is 10.2. The molecule has 0 radical (unpaired) electrons. The first-order valence-electron chi connectivity index (χ1n) is 4.91. The van der Waals surface area contributed by atoms with E-state index < -0.39 is 6.10 Å². The third kappa shape index (κ3) is 2.95. The number of ether oxygens (including phenoxy) is 1. The van der Waals surface area contributed by atoms with Gasteiger partial charge in [0.1, 0.15) is 5.75 Å². The van der Waals surface area contributed by atoms with Gasteiger partial charge in [0.2, 0.25) is 0 Å². The third-order valence-corrected chi connectivity index (χ3v) is 2.17. The molecule has 1 atom stereocenters. The van der Waals surface area contributed by atoms with Gasteiger partial charge in [0.05, 0.1) is 0 Å². The Bertz CT molecular complexity index is 339. The van der Waals surface area contributed by atoms with E-state index in [9.17, 15) is 4.79 Å². The summed E-state index contributed by atoms with van der Waals surface area (Å²) in [6, 6.07) is 7.56. The summed E-state index contributed by atoms with van der Waals surface area (Å²) in [6.45, 7) is 3.81. The van der Waals surface area contributed by atoms with Crippen LogP contribution in [-0.2, 0) is 4.79 Å². The number of hydrogen-bond acceptors (Lipinski definition) is 3. The molecule has 1 rings (SSSR count). The number of nitrogens with two attached hydrogens (primary N) is 1. The molecule has 0 aliphatic rings. The summed E-state index contributed by atoms with van der Waals surface area (Å²) in [7, 11) is 0. The van der Waals surface area contributed by atoms with E-state index in [-0.39, 0.29) is 5.91 Å². The Kier molecular flexibility index (Phi) is 4.12. The lowest BCUT2D eigenvalue weighted by Gasteiger charge is -2.16. The Balaban J connectivity index is 2.75. The molecule has 3 N–H and O–H groups in total.